The molecule has 0 saturated heterocycles. The molecule has 4 aromatic heterocycles. The second-order valence-electron chi connectivity index (χ2n) is 11.4. The SMILES string of the molecule is Cn1cncc1-c1cc(/C=N/NC(N)=O)c2ccc(C(F)(F)C(F)(F)F)cc2n1.Cn1cncc1-c1cc(C=O)c2ccc(C(F)(F)C(F)(F)F)cc2n1. The minimum Gasteiger partial charge on any atom is -0.350 e. The van der Waals surface area contributed by atoms with Crippen molar-refractivity contribution in [3.05, 3.63) is 95.8 Å². The molecule has 0 aliphatic heterocycles. The van der Waals surface area contributed by atoms with Crippen LogP contribution in [0.3, 0.4) is 0 Å². The van der Waals surface area contributed by atoms with Gasteiger partial charge in [0, 0.05) is 47.1 Å². The number of fused-ring (bicyclic) bond motifs is 2. The molecule has 0 atom stereocenters. The number of hydrazone groups is 1. The number of halogens is 10. The number of aryl methyl sites for hydroxylation is 2. The number of hydrogen-bond acceptors (Lipinski definition) is 7. The third kappa shape index (κ3) is 7.55. The molecular formula is C33H23F10N9O2. The summed E-state index contributed by atoms with van der Waals surface area (Å²) in [5.41, 5.74) is 6.07. The number of primary amides is 1. The van der Waals surface area contributed by atoms with Crippen molar-refractivity contribution in [3.8, 4) is 22.8 Å². The van der Waals surface area contributed by atoms with E-state index in [2.05, 4.69) is 25.0 Å². The van der Waals surface area contributed by atoms with E-state index < -0.39 is 41.4 Å². The zero-order chi connectivity index (χ0) is 39.8. The highest BCUT2D eigenvalue weighted by molar-refractivity contribution is 6.00. The monoisotopic (exact) mass is 767 g/mol. The van der Waals surface area contributed by atoms with Crippen molar-refractivity contribution in [1.82, 2.24) is 34.5 Å². The predicted octanol–water partition coefficient (Wildman–Crippen LogP) is 7.39. The zero-order valence-electron chi connectivity index (χ0n) is 27.4. The number of aldehydes is 1. The fourth-order valence-electron chi connectivity index (χ4n) is 5.07. The number of imidazole rings is 2. The first-order valence-electron chi connectivity index (χ1n) is 14.9. The van der Waals surface area contributed by atoms with Crippen LogP contribution in [0.2, 0.25) is 0 Å². The molecular weight excluding hydrogens is 744 g/mol. The van der Waals surface area contributed by atoms with Gasteiger partial charge in [-0.1, -0.05) is 24.3 Å². The van der Waals surface area contributed by atoms with Gasteiger partial charge in [0.15, 0.2) is 6.29 Å². The van der Waals surface area contributed by atoms with Crippen molar-refractivity contribution in [1.29, 1.82) is 0 Å². The summed E-state index contributed by atoms with van der Waals surface area (Å²) < 4.78 is 134. The van der Waals surface area contributed by atoms with Gasteiger partial charge in [0.25, 0.3) is 0 Å². The molecule has 0 spiro atoms. The fraction of sp³-hybridized carbons (Fsp3) is 0.182. The van der Waals surface area contributed by atoms with Crippen LogP contribution in [0.4, 0.5) is 48.7 Å². The van der Waals surface area contributed by atoms with Gasteiger partial charge < -0.3 is 14.9 Å². The molecule has 2 amide bonds. The van der Waals surface area contributed by atoms with Crippen LogP contribution in [-0.2, 0) is 25.9 Å². The number of nitrogens with zero attached hydrogens (tertiary/aromatic N) is 7. The van der Waals surface area contributed by atoms with Gasteiger partial charge in [-0.25, -0.2) is 30.2 Å². The highest BCUT2D eigenvalue weighted by Gasteiger charge is 2.59. The molecule has 0 saturated carbocycles. The first kappa shape index (κ1) is 38.8. The molecule has 11 nitrogen and oxygen atoms in total. The highest BCUT2D eigenvalue weighted by Crippen LogP contribution is 2.45. The molecule has 6 aromatic rings. The second-order valence-corrected chi connectivity index (χ2v) is 11.4. The average molecular weight is 768 g/mol. The van der Waals surface area contributed by atoms with Crippen LogP contribution in [0, 0.1) is 0 Å². The average Bonchev–Trinajstić information content (AvgIpc) is 3.73. The Kier molecular flexibility index (Phi) is 10.2. The molecule has 282 valence electrons. The summed E-state index contributed by atoms with van der Waals surface area (Å²) in [6.07, 6.45) is -3.98. The Hall–Kier alpha value is -6.41. The van der Waals surface area contributed by atoms with E-state index in [1.807, 2.05) is 5.43 Å². The summed E-state index contributed by atoms with van der Waals surface area (Å²) >= 11 is 0. The summed E-state index contributed by atoms with van der Waals surface area (Å²) in [4.78, 5) is 38.2. The maximum absolute atomic E-state index is 13.8. The number of nitrogens with two attached hydrogens (primary N) is 1. The van der Waals surface area contributed by atoms with Gasteiger partial charge in [0.05, 0.1) is 65.1 Å². The van der Waals surface area contributed by atoms with Crippen molar-refractivity contribution < 1.29 is 53.5 Å². The van der Waals surface area contributed by atoms with Crippen LogP contribution in [0.25, 0.3) is 44.6 Å². The number of pyridine rings is 2. The molecule has 0 aliphatic carbocycles. The summed E-state index contributed by atoms with van der Waals surface area (Å²) in [5.74, 6) is -10.1. The normalized spacial score (nSPS) is 12.6. The van der Waals surface area contributed by atoms with Crippen LogP contribution in [0.1, 0.15) is 27.0 Å². The van der Waals surface area contributed by atoms with E-state index in [-0.39, 0.29) is 38.8 Å². The van der Waals surface area contributed by atoms with Crippen molar-refractivity contribution in [2.24, 2.45) is 24.9 Å². The van der Waals surface area contributed by atoms with Crippen molar-refractivity contribution in [2.75, 3.05) is 0 Å². The molecule has 0 fully saturated rings. The molecule has 54 heavy (non-hydrogen) atoms. The van der Waals surface area contributed by atoms with Gasteiger partial charge >= 0.3 is 30.2 Å². The Morgan fingerprint density at radius 1 is 0.704 bits per heavy atom. The summed E-state index contributed by atoms with van der Waals surface area (Å²) in [5, 5.41) is 4.04. The number of benzene rings is 2. The zero-order valence-corrected chi connectivity index (χ0v) is 27.4. The van der Waals surface area contributed by atoms with Crippen molar-refractivity contribution in [3.63, 3.8) is 0 Å². The van der Waals surface area contributed by atoms with Crippen LogP contribution in [0.15, 0.2) is 78.7 Å². The van der Waals surface area contributed by atoms with Crippen LogP contribution < -0.4 is 11.2 Å². The van der Waals surface area contributed by atoms with E-state index in [1.165, 1.54) is 43.4 Å². The molecule has 6 rings (SSSR count). The number of nitrogens with one attached hydrogen (secondary N) is 1. The first-order valence-corrected chi connectivity index (χ1v) is 14.9. The number of urea groups is 1. The van der Waals surface area contributed by atoms with Gasteiger partial charge in [0.1, 0.15) is 0 Å². The molecule has 0 bridgehead atoms. The fourth-order valence-corrected chi connectivity index (χ4v) is 5.07. The quantitative estimate of drug-likeness (QED) is 0.0750. The molecule has 0 unspecified atom stereocenters. The minimum absolute atomic E-state index is 0.120. The van der Waals surface area contributed by atoms with Crippen LogP contribution >= 0.6 is 0 Å². The van der Waals surface area contributed by atoms with Gasteiger partial charge in [-0.2, -0.15) is 49.0 Å². The maximum atomic E-state index is 13.8. The summed E-state index contributed by atoms with van der Waals surface area (Å²) in [7, 11) is 3.31. The third-order valence-electron chi connectivity index (χ3n) is 7.78. The van der Waals surface area contributed by atoms with E-state index in [9.17, 15) is 53.5 Å². The molecule has 0 radical (unpaired) electrons. The lowest BCUT2D eigenvalue weighted by molar-refractivity contribution is -0.289. The van der Waals surface area contributed by atoms with Crippen LogP contribution in [0.5, 0.6) is 0 Å². The number of aromatic nitrogens is 6. The number of hydrogen-bond donors (Lipinski definition) is 2. The third-order valence-corrected chi connectivity index (χ3v) is 7.78. The lowest BCUT2D eigenvalue weighted by Crippen LogP contribution is -2.33. The maximum Gasteiger partial charge on any atom is 0.458 e. The molecule has 2 aromatic carbocycles. The van der Waals surface area contributed by atoms with Gasteiger partial charge in [-0.15, -0.1) is 0 Å². The summed E-state index contributed by atoms with van der Waals surface area (Å²) in [6.45, 7) is 0. The smallest absolute Gasteiger partial charge is 0.350 e. The molecule has 21 heteroatoms. The largest absolute Gasteiger partial charge is 0.458 e. The molecule has 4 heterocycles. The Morgan fingerprint density at radius 2 is 1.13 bits per heavy atom. The number of carbonyl (C=O) groups excluding carboxylic acids is 2. The lowest BCUT2D eigenvalue weighted by atomic mass is 10.0. The Balaban J connectivity index is 0.000000210. The Bertz CT molecular complexity index is 2400. The van der Waals surface area contributed by atoms with E-state index in [1.54, 1.807) is 23.2 Å². The minimum atomic E-state index is -5.75. The molecule has 0 aliphatic rings. The predicted molar refractivity (Wildman–Crippen MR) is 173 cm³/mol. The van der Waals surface area contributed by atoms with E-state index >= 15 is 0 Å². The topological polar surface area (TPSA) is 146 Å². The second kappa shape index (κ2) is 14.2. The van der Waals surface area contributed by atoms with E-state index in [4.69, 9.17) is 5.73 Å². The van der Waals surface area contributed by atoms with Gasteiger partial charge in [-0.3, -0.25) is 4.79 Å². The number of alkyl halides is 10. The lowest BCUT2D eigenvalue weighted by Gasteiger charge is -2.20. The number of carbonyl (C=O) groups is 2. The van der Waals surface area contributed by atoms with Crippen LogP contribution in [-0.4, -0.2) is 60.0 Å². The van der Waals surface area contributed by atoms with Gasteiger partial charge in [-0.05, 0) is 24.3 Å². The summed E-state index contributed by atoms with van der Waals surface area (Å²) in [6, 6.07) is 6.76. The Morgan fingerprint density at radius 3 is 1.50 bits per heavy atom. The number of rotatable bonds is 7. The Labute approximate surface area is 296 Å². The van der Waals surface area contributed by atoms with E-state index in [0.29, 0.717) is 47.5 Å². The van der Waals surface area contributed by atoms with Crippen molar-refractivity contribution >= 4 is 40.3 Å². The number of amides is 2. The first-order chi connectivity index (χ1) is 25.2. The standard InChI is InChI=1S/C17H13F5N6O.C16H10F5N3O/c1-28-8-24-7-14(28)13-4-9(6-25-27-15(23)29)11-3-2-10(5-12(11)26-13)16(18,19)17(20,21)22;1-24-8-22-6-14(24)13-4-9(7-25)11-3-2-10(5-12(11)23-13)15(17,18)16(19,20)21/h2-8H,1H3,(H3,23,27,29);2-8H,1H3/b25-6+;. The highest BCUT2D eigenvalue weighted by atomic mass is 19.4. The molecule has 3 N–H and O–H groups in total. The van der Waals surface area contributed by atoms with Gasteiger partial charge in [0.2, 0.25) is 0 Å². The van der Waals surface area contributed by atoms with E-state index in [0.717, 1.165) is 12.1 Å². The van der Waals surface area contributed by atoms with Crippen molar-refractivity contribution in [2.45, 2.75) is 24.2 Å².